The summed E-state index contributed by atoms with van der Waals surface area (Å²) in [6, 6.07) is 3.03. The van der Waals surface area contributed by atoms with Crippen LogP contribution in [-0.2, 0) is 0 Å². The lowest BCUT2D eigenvalue weighted by atomic mass is 10.2. The van der Waals surface area contributed by atoms with E-state index in [1.165, 1.54) is 12.1 Å². The average molecular weight is 111 g/mol. The van der Waals surface area contributed by atoms with E-state index in [1.54, 1.807) is 0 Å². The Morgan fingerprint density at radius 2 is 1.75 bits per heavy atom. The van der Waals surface area contributed by atoms with Gasteiger partial charge in [0.05, 0.1) is 12.1 Å². The Labute approximate surface area is 46.8 Å². The van der Waals surface area contributed by atoms with Gasteiger partial charge in [-0.3, -0.25) is 0 Å². The molecule has 3 N–H and O–H groups in total. The zero-order valence-electron chi connectivity index (χ0n) is 4.07. The van der Waals surface area contributed by atoms with Gasteiger partial charge < -0.3 is 10.8 Å². The maximum absolute atomic E-state index is 8.34. The number of nitriles is 2. The maximum atomic E-state index is 8.34. The van der Waals surface area contributed by atoms with E-state index in [9.17, 15) is 0 Å². The number of hydrogen-bond acceptors (Lipinski definition) is 4. The third kappa shape index (κ3) is 1.57. The van der Waals surface area contributed by atoms with Crippen LogP contribution in [0.4, 0.5) is 0 Å². The normalized spacial score (nSPS) is 12.1. The van der Waals surface area contributed by atoms with E-state index in [-0.39, 0.29) is 0 Å². The van der Waals surface area contributed by atoms with Crippen molar-refractivity contribution in [3.8, 4) is 12.1 Å². The largest absolute Gasteiger partial charge is 0.376 e. The van der Waals surface area contributed by atoms with Crippen molar-refractivity contribution in [1.82, 2.24) is 0 Å². The molecule has 0 bridgehead atoms. The molecule has 1 unspecified atom stereocenters. The number of hydrogen-bond donors (Lipinski definition) is 2. The average Bonchev–Trinajstić information content (AvgIpc) is 1.69. The van der Waals surface area contributed by atoms with E-state index in [0.717, 1.165) is 0 Å². The Bertz CT molecular complexity index is 126. The Hall–Kier alpha value is -1.10. The van der Waals surface area contributed by atoms with Crippen LogP contribution in [0, 0.1) is 28.6 Å². The monoisotopic (exact) mass is 111 g/mol. The van der Waals surface area contributed by atoms with Crippen LogP contribution in [0.1, 0.15) is 0 Å². The second-order valence-electron chi connectivity index (χ2n) is 1.23. The second kappa shape index (κ2) is 2.98. The number of nitrogens with zero attached hydrogens (tertiary/aromatic N) is 2. The highest BCUT2D eigenvalue weighted by molar-refractivity contribution is 5.01. The van der Waals surface area contributed by atoms with Gasteiger partial charge >= 0.3 is 0 Å². The molecule has 4 nitrogen and oxygen atoms in total. The first-order chi connectivity index (χ1) is 3.72. The van der Waals surface area contributed by atoms with Gasteiger partial charge in [0.1, 0.15) is 6.23 Å². The molecule has 0 aliphatic heterocycles. The molecule has 0 aromatic heterocycles. The van der Waals surface area contributed by atoms with E-state index in [4.69, 9.17) is 21.4 Å². The van der Waals surface area contributed by atoms with Crippen LogP contribution >= 0.6 is 0 Å². The minimum Gasteiger partial charge on any atom is -0.376 e. The van der Waals surface area contributed by atoms with Crippen molar-refractivity contribution < 1.29 is 5.11 Å². The molecule has 1 atom stereocenters. The summed E-state index contributed by atoms with van der Waals surface area (Å²) in [5.74, 6) is -1.10. The number of rotatable bonds is 1. The molecular weight excluding hydrogens is 106 g/mol. The summed E-state index contributed by atoms with van der Waals surface area (Å²) in [5.41, 5.74) is 4.77. The minimum absolute atomic E-state index is 1.10. The predicted molar refractivity (Wildman–Crippen MR) is 24.9 cm³/mol. The molecule has 4 heteroatoms. The van der Waals surface area contributed by atoms with Crippen molar-refractivity contribution in [2.45, 2.75) is 6.23 Å². The van der Waals surface area contributed by atoms with Crippen LogP contribution in [0.25, 0.3) is 0 Å². The first-order valence-electron chi connectivity index (χ1n) is 1.95. The van der Waals surface area contributed by atoms with Crippen LogP contribution in [0.3, 0.4) is 0 Å². The molecule has 0 saturated heterocycles. The van der Waals surface area contributed by atoms with Crippen molar-refractivity contribution in [2.75, 3.05) is 0 Å². The number of aliphatic hydroxyl groups excluding tert-OH is 1. The summed E-state index contributed by atoms with van der Waals surface area (Å²) in [5, 5.41) is 24.3. The third-order valence-corrected chi connectivity index (χ3v) is 0.620. The van der Waals surface area contributed by atoms with Crippen LogP contribution in [0.5, 0.6) is 0 Å². The highest BCUT2D eigenvalue weighted by atomic mass is 16.3. The Morgan fingerprint density at radius 1 is 1.38 bits per heavy atom. The van der Waals surface area contributed by atoms with Crippen molar-refractivity contribution in [3.63, 3.8) is 0 Å². The highest BCUT2D eigenvalue weighted by Gasteiger charge is 2.11. The van der Waals surface area contributed by atoms with Crippen LogP contribution in [0.15, 0.2) is 0 Å². The van der Waals surface area contributed by atoms with Crippen molar-refractivity contribution in [1.29, 1.82) is 10.5 Å². The summed E-state index contributed by atoms with van der Waals surface area (Å²) in [6.45, 7) is 0. The molecule has 0 aliphatic rings. The van der Waals surface area contributed by atoms with Gasteiger partial charge in [0, 0.05) is 0 Å². The fourth-order valence-corrected chi connectivity index (χ4v) is 0.182. The van der Waals surface area contributed by atoms with Gasteiger partial charge in [-0.05, 0) is 0 Å². The molecule has 0 fully saturated rings. The molecule has 0 amide bonds. The van der Waals surface area contributed by atoms with E-state index >= 15 is 0 Å². The quantitative estimate of drug-likeness (QED) is 0.421. The summed E-state index contributed by atoms with van der Waals surface area (Å²) >= 11 is 0. The van der Waals surface area contributed by atoms with E-state index < -0.39 is 12.1 Å². The van der Waals surface area contributed by atoms with Gasteiger partial charge in [0.25, 0.3) is 0 Å². The Morgan fingerprint density at radius 3 is 1.75 bits per heavy atom. The molecule has 0 radical (unpaired) electrons. The smallest absolute Gasteiger partial charge is 0.172 e. The van der Waals surface area contributed by atoms with Crippen LogP contribution in [-0.4, -0.2) is 11.3 Å². The zero-order chi connectivity index (χ0) is 6.57. The van der Waals surface area contributed by atoms with Crippen LogP contribution in [0.2, 0.25) is 0 Å². The van der Waals surface area contributed by atoms with E-state index in [1.807, 2.05) is 0 Å². The molecule has 42 valence electrons. The molecule has 0 saturated carbocycles. The summed E-state index contributed by atoms with van der Waals surface area (Å²) in [4.78, 5) is 0. The Kier molecular flexibility index (Phi) is 2.57. The molecule has 0 heterocycles. The molecule has 0 rings (SSSR count). The lowest BCUT2D eigenvalue weighted by molar-refractivity contribution is 0.161. The van der Waals surface area contributed by atoms with Gasteiger partial charge in [-0.15, -0.1) is 0 Å². The van der Waals surface area contributed by atoms with Gasteiger partial charge in [0.15, 0.2) is 5.92 Å². The summed E-state index contributed by atoms with van der Waals surface area (Å²) < 4.78 is 0. The number of aliphatic hydroxyl groups is 1. The zero-order valence-corrected chi connectivity index (χ0v) is 4.07. The van der Waals surface area contributed by atoms with Gasteiger partial charge in [0.2, 0.25) is 0 Å². The lowest BCUT2D eigenvalue weighted by Crippen LogP contribution is -2.27. The lowest BCUT2D eigenvalue weighted by Gasteiger charge is -1.99. The van der Waals surface area contributed by atoms with Crippen LogP contribution < -0.4 is 5.73 Å². The first kappa shape index (κ1) is 6.90. The third-order valence-electron chi connectivity index (χ3n) is 0.620. The fourth-order valence-electron chi connectivity index (χ4n) is 0.182. The topological polar surface area (TPSA) is 93.8 Å². The van der Waals surface area contributed by atoms with E-state index in [2.05, 4.69) is 0 Å². The second-order valence-corrected chi connectivity index (χ2v) is 1.23. The van der Waals surface area contributed by atoms with Crippen molar-refractivity contribution in [3.05, 3.63) is 0 Å². The summed E-state index contributed by atoms with van der Waals surface area (Å²) in [7, 11) is 0. The molecule has 8 heavy (non-hydrogen) atoms. The molecule has 0 aliphatic carbocycles. The van der Waals surface area contributed by atoms with E-state index in [0.29, 0.717) is 0 Å². The Balaban J connectivity index is 3.81. The van der Waals surface area contributed by atoms with Crippen molar-refractivity contribution >= 4 is 0 Å². The highest BCUT2D eigenvalue weighted by Crippen LogP contribution is 1.91. The molecule has 0 aromatic rings. The molecule has 0 aromatic carbocycles. The van der Waals surface area contributed by atoms with Gasteiger partial charge in [-0.25, -0.2) is 0 Å². The fraction of sp³-hybridized carbons (Fsp3) is 0.500. The number of nitrogens with two attached hydrogens (primary N) is 1. The van der Waals surface area contributed by atoms with Gasteiger partial charge in [-0.1, -0.05) is 0 Å². The predicted octanol–water partition coefficient (Wildman–Crippen LogP) is -1.07. The minimum atomic E-state index is -1.34. The molecule has 0 spiro atoms. The maximum Gasteiger partial charge on any atom is 0.172 e. The van der Waals surface area contributed by atoms with Gasteiger partial charge in [-0.2, -0.15) is 10.5 Å². The standard InChI is InChI=1S/C4H5N3O/c5-1-3(2-6)4(7)8/h3-4,8H,7H2. The van der Waals surface area contributed by atoms with Crippen molar-refractivity contribution in [2.24, 2.45) is 11.7 Å². The first-order valence-corrected chi connectivity index (χ1v) is 1.95. The molecular formula is C4H5N3O. The SMILES string of the molecule is N#CC(C#N)C(N)O. The summed E-state index contributed by atoms with van der Waals surface area (Å²) in [6.07, 6.45) is -1.34.